The van der Waals surface area contributed by atoms with Gasteiger partial charge < -0.3 is 5.11 Å². The third kappa shape index (κ3) is 1.94. The first-order valence-electron chi connectivity index (χ1n) is 6.21. The lowest BCUT2D eigenvalue weighted by molar-refractivity contribution is -0.385. The summed E-state index contributed by atoms with van der Waals surface area (Å²) in [5, 5.41) is 31.4. The number of non-ortho nitro benzene ring substituents is 1. The number of nitro benzene ring substituents is 2. The maximum Gasteiger partial charge on any atom is 0.336 e. The largest absolute Gasteiger partial charge is 0.478 e. The van der Waals surface area contributed by atoms with Crippen LogP contribution in [0.3, 0.4) is 0 Å². The van der Waals surface area contributed by atoms with Gasteiger partial charge in [0.25, 0.3) is 11.4 Å². The van der Waals surface area contributed by atoms with Gasteiger partial charge in [0.15, 0.2) is 5.78 Å². The molecule has 0 spiro atoms. The first kappa shape index (κ1) is 14.3. The number of benzene rings is 2. The number of carboxylic acid groups (broad SMARTS) is 1. The topological polar surface area (TPSA) is 141 Å². The Morgan fingerprint density at radius 2 is 1.70 bits per heavy atom. The van der Waals surface area contributed by atoms with Crippen LogP contribution in [0.15, 0.2) is 30.3 Å². The maximum atomic E-state index is 12.4. The zero-order valence-electron chi connectivity index (χ0n) is 11.2. The summed E-state index contributed by atoms with van der Waals surface area (Å²) in [5.74, 6) is -2.19. The fourth-order valence-corrected chi connectivity index (χ4v) is 2.64. The molecule has 0 unspecified atom stereocenters. The van der Waals surface area contributed by atoms with Crippen molar-refractivity contribution < 1.29 is 24.5 Å². The molecule has 0 aliphatic heterocycles. The second-order valence-electron chi connectivity index (χ2n) is 4.76. The molecule has 0 bridgehead atoms. The predicted molar refractivity (Wildman–Crippen MR) is 75.6 cm³/mol. The average molecular weight is 314 g/mol. The van der Waals surface area contributed by atoms with Gasteiger partial charge in [0.05, 0.1) is 21.0 Å². The van der Waals surface area contributed by atoms with E-state index >= 15 is 0 Å². The molecule has 2 aromatic rings. The minimum absolute atomic E-state index is 0.0443. The van der Waals surface area contributed by atoms with Gasteiger partial charge in [-0.05, 0) is 6.07 Å². The number of carbonyl (C=O) groups is 2. The van der Waals surface area contributed by atoms with E-state index in [0.29, 0.717) is 0 Å². The molecule has 9 heteroatoms. The van der Waals surface area contributed by atoms with Crippen molar-refractivity contribution in [1.29, 1.82) is 0 Å². The van der Waals surface area contributed by atoms with Crippen LogP contribution in [0.2, 0.25) is 0 Å². The van der Waals surface area contributed by atoms with E-state index < -0.39 is 38.5 Å². The van der Waals surface area contributed by atoms with Crippen molar-refractivity contribution in [3.05, 3.63) is 67.3 Å². The van der Waals surface area contributed by atoms with E-state index in [1.165, 1.54) is 12.1 Å². The van der Waals surface area contributed by atoms with Gasteiger partial charge in [-0.1, -0.05) is 6.07 Å². The molecule has 0 saturated carbocycles. The molecule has 0 saturated heterocycles. The number of nitro groups is 2. The van der Waals surface area contributed by atoms with E-state index in [0.717, 1.165) is 18.2 Å². The molecular formula is C14H6N2O7. The predicted octanol–water partition coefficient (Wildman–Crippen LogP) is 2.41. The zero-order chi connectivity index (χ0) is 16.9. The highest BCUT2D eigenvalue weighted by molar-refractivity contribution is 6.25. The van der Waals surface area contributed by atoms with Gasteiger partial charge in [0, 0.05) is 34.9 Å². The molecule has 23 heavy (non-hydrogen) atoms. The van der Waals surface area contributed by atoms with Crippen LogP contribution in [0.5, 0.6) is 0 Å². The SMILES string of the molecule is O=C(O)c1cc([N+](=O)[O-])cc2c1-c1c(cccc1[N+](=O)[O-])C2=O. The Labute approximate surface area is 127 Å². The molecular weight excluding hydrogens is 308 g/mol. The third-order valence-corrected chi connectivity index (χ3v) is 3.54. The summed E-state index contributed by atoms with van der Waals surface area (Å²) in [4.78, 5) is 44.3. The Hall–Kier alpha value is -3.62. The van der Waals surface area contributed by atoms with Gasteiger partial charge in [0.1, 0.15) is 0 Å². The fraction of sp³-hybridized carbons (Fsp3) is 0. The van der Waals surface area contributed by atoms with E-state index in [9.17, 15) is 34.9 Å². The van der Waals surface area contributed by atoms with Crippen molar-refractivity contribution in [1.82, 2.24) is 0 Å². The highest BCUT2D eigenvalue weighted by atomic mass is 16.6. The van der Waals surface area contributed by atoms with Crippen LogP contribution >= 0.6 is 0 Å². The van der Waals surface area contributed by atoms with Crippen molar-refractivity contribution in [2.24, 2.45) is 0 Å². The number of nitrogens with zero attached hydrogens (tertiary/aromatic N) is 2. The van der Waals surface area contributed by atoms with Crippen molar-refractivity contribution in [2.45, 2.75) is 0 Å². The summed E-state index contributed by atoms with van der Waals surface area (Å²) >= 11 is 0. The van der Waals surface area contributed by atoms with Gasteiger partial charge in [-0.25, -0.2) is 4.79 Å². The molecule has 9 nitrogen and oxygen atoms in total. The average Bonchev–Trinajstić information content (AvgIpc) is 2.79. The first-order chi connectivity index (χ1) is 10.8. The number of fused-ring (bicyclic) bond motifs is 3. The summed E-state index contributed by atoms with van der Waals surface area (Å²) in [6.45, 7) is 0. The number of hydrogen-bond donors (Lipinski definition) is 1. The Bertz CT molecular complexity index is 933. The van der Waals surface area contributed by atoms with Crippen molar-refractivity contribution in [2.75, 3.05) is 0 Å². The maximum absolute atomic E-state index is 12.4. The minimum Gasteiger partial charge on any atom is -0.478 e. The Morgan fingerprint density at radius 3 is 2.26 bits per heavy atom. The Morgan fingerprint density at radius 1 is 1.00 bits per heavy atom. The fourth-order valence-electron chi connectivity index (χ4n) is 2.64. The number of ketones is 1. The molecule has 2 aromatic carbocycles. The van der Waals surface area contributed by atoms with Gasteiger partial charge >= 0.3 is 5.97 Å². The highest BCUT2D eigenvalue weighted by Gasteiger charge is 2.37. The molecule has 0 radical (unpaired) electrons. The lowest BCUT2D eigenvalue weighted by atomic mass is 9.97. The first-order valence-corrected chi connectivity index (χ1v) is 6.21. The van der Waals surface area contributed by atoms with E-state index in [2.05, 4.69) is 0 Å². The molecule has 0 atom stereocenters. The van der Waals surface area contributed by atoms with Crippen molar-refractivity contribution in [3.63, 3.8) is 0 Å². The summed E-state index contributed by atoms with van der Waals surface area (Å²) < 4.78 is 0. The van der Waals surface area contributed by atoms with Crippen LogP contribution in [0, 0.1) is 20.2 Å². The number of carboxylic acids is 1. The van der Waals surface area contributed by atoms with Crippen molar-refractivity contribution >= 4 is 23.1 Å². The lowest BCUT2D eigenvalue weighted by Crippen LogP contribution is -2.04. The molecule has 114 valence electrons. The van der Waals surface area contributed by atoms with Gasteiger partial charge in [-0.2, -0.15) is 0 Å². The molecule has 3 rings (SSSR count). The smallest absolute Gasteiger partial charge is 0.336 e. The number of aromatic carboxylic acids is 1. The van der Waals surface area contributed by atoms with Crippen LogP contribution < -0.4 is 0 Å². The molecule has 0 heterocycles. The Kier molecular flexibility index (Phi) is 2.93. The van der Waals surface area contributed by atoms with Crippen molar-refractivity contribution in [3.8, 4) is 11.1 Å². The van der Waals surface area contributed by atoms with Gasteiger partial charge in [-0.3, -0.25) is 25.0 Å². The normalized spacial score (nSPS) is 11.7. The van der Waals surface area contributed by atoms with E-state index in [-0.39, 0.29) is 22.3 Å². The second-order valence-corrected chi connectivity index (χ2v) is 4.76. The van der Waals surface area contributed by atoms with Crippen LogP contribution in [-0.4, -0.2) is 26.7 Å². The molecule has 1 N–H and O–H groups in total. The second kappa shape index (κ2) is 4.70. The van der Waals surface area contributed by atoms with Crippen LogP contribution in [0.25, 0.3) is 11.1 Å². The van der Waals surface area contributed by atoms with Crippen LogP contribution in [0.1, 0.15) is 26.3 Å². The monoisotopic (exact) mass is 314 g/mol. The third-order valence-electron chi connectivity index (χ3n) is 3.54. The summed E-state index contributed by atoms with van der Waals surface area (Å²) in [6.07, 6.45) is 0. The number of carbonyl (C=O) groups excluding carboxylic acids is 1. The number of hydrogen-bond acceptors (Lipinski definition) is 6. The van der Waals surface area contributed by atoms with E-state index in [1.807, 2.05) is 0 Å². The zero-order valence-corrected chi connectivity index (χ0v) is 11.2. The summed E-state index contributed by atoms with van der Waals surface area (Å²) in [5.41, 5.74) is -2.05. The standard InChI is InChI=1S/C14H6N2O7/c17-13-7-2-1-3-10(16(22)23)12(7)11-8(13)4-6(15(20)21)5-9(11)14(18)19/h1-5H,(H,18,19). The van der Waals surface area contributed by atoms with Crippen LogP contribution in [-0.2, 0) is 0 Å². The minimum atomic E-state index is -1.51. The number of rotatable bonds is 3. The summed E-state index contributed by atoms with van der Waals surface area (Å²) in [7, 11) is 0. The van der Waals surface area contributed by atoms with Gasteiger partial charge in [0.2, 0.25) is 0 Å². The molecule has 0 aromatic heterocycles. The molecule has 0 amide bonds. The van der Waals surface area contributed by atoms with E-state index in [4.69, 9.17) is 0 Å². The molecule has 1 aliphatic rings. The van der Waals surface area contributed by atoms with Crippen LogP contribution in [0.4, 0.5) is 11.4 Å². The van der Waals surface area contributed by atoms with E-state index in [1.54, 1.807) is 0 Å². The molecule has 1 aliphatic carbocycles. The Balaban J connectivity index is 2.46. The highest BCUT2D eigenvalue weighted by Crippen LogP contribution is 2.45. The summed E-state index contributed by atoms with van der Waals surface area (Å²) in [6, 6.07) is 5.50. The van der Waals surface area contributed by atoms with Gasteiger partial charge in [-0.15, -0.1) is 0 Å². The lowest BCUT2D eigenvalue weighted by Gasteiger charge is -2.05. The molecule has 0 fully saturated rings. The quantitative estimate of drug-likeness (QED) is 0.578.